The van der Waals surface area contributed by atoms with Gasteiger partial charge in [0.1, 0.15) is 5.82 Å². The number of rotatable bonds is 2. The molecule has 2 bridgehead atoms. The maximum atomic E-state index is 13.3. The molecule has 0 amide bonds. The van der Waals surface area contributed by atoms with Gasteiger partial charge in [0.15, 0.2) is 6.29 Å². The fraction of sp³-hybridized carbons (Fsp3) is 0.667. The first-order valence-electron chi connectivity index (χ1n) is 8.86. The predicted molar refractivity (Wildman–Crippen MR) is 81.5 cm³/mol. The third-order valence-electron chi connectivity index (χ3n) is 5.12. The van der Waals surface area contributed by atoms with Crippen molar-refractivity contribution in [1.29, 1.82) is 0 Å². The Bertz CT molecular complexity index is 545. The summed E-state index contributed by atoms with van der Waals surface area (Å²) in [6, 6.07) is 6.13. The molecule has 0 N–H and O–H groups in total. The van der Waals surface area contributed by atoms with Crippen LogP contribution < -0.4 is 0 Å². The van der Waals surface area contributed by atoms with E-state index in [1.165, 1.54) is 18.6 Å². The number of hydrogen-bond donors (Lipinski definition) is 0. The van der Waals surface area contributed by atoms with Crippen molar-refractivity contribution >= 4 is 0 Å². The molecule has 1 aromatic carbocycles. The van der Waals surface area contributed by atoms with Crippen molar-refractivity contribution in [3.63, 3.8) is 0 Å². The highest BCUT2D eigenvalue weighted by molar-refractivity contribution is 5.21. The van der Waals surface area contributed by atoms with E-state index >= 15 is 0 Å². The van der Waals surface area contributed by atoms with Crippen LogP contribution in [0.3, 0.4) is 0 Å². The van der Waals surface area contributed by atoms with Crippen molar-refractivity contribution in [3.8, 4) is 0 Å². The zero-order chi connectivity index (χ0) is 16.4. The van der Waals surface area contributed by atoms with Crippen molar-refractivity contribution in [3.05, 3.63) is 35.6 Å². The minimum atomic E-state index is -1.08. The molecule has 2 saturated heterocycles. The monoisotopic (exact) mass is 338 g/mol. The standard InChI is InChI=1S/C18H23FO5/c19-15-10-8-14(9-11-15)18-12-4-7-16(20-18)21-22-17(23-24-18)13-5-2-1-3-6-13/h8-11,13,16-17H,1-7,12H2/t16-,17?,18-/m0/s1. The molecule has 1 aliphatic carbocycles. The topological polar surface area (TPSA) is 46.2 Å². The SMILES string of the molecule is Fc1ccc([C@]23CCC[C@H](OOC(C4CCCCC4)OO2)O3)cc1. The Morgan fingerprint density at radius 1 is 0.875 bits per heavy atom. The molecule has 132 valence electrons. The lowest BCUT2D eigenvalue weighted by Gasteiger charge is -2.42. The van der Waals surface area contributed by atoms with E-state index in [2.05, 4.69) is 0 Å². The van der Waals surface area contributed by atoms with Crippen LogP contribution in [0.1, 0.15) is 56.9 Å². The Morgan fingerprint density at radius 3 is 2.46 bits per heavy atom. The molecular formula is C18H23FO5. The molecule has 0 spiro atoms. The fourth-order valence-corrected chi connectivity index (χ4v) is 3.75. The maximum Gasteiger partial charge on any atom is 0.230 e. The van der Waals surface area contributed by atoms with Crippen LogP contribution >= 0.6 is 0 Å². The van der Waals surface area contributed by atoms with Crippen LogP contribution in [0, 0.1) is 11.7 Å². The van der Waals surface area contributed by atoms with Crippen molar-refractivity contribution in [2.75, 3.05) is 0 Å². The van der Waals surface area contributed by atoms with Gasteiger partial charge < -0.3 is 4.74 Å². The predicted octanol–water partition coefficient (Wildman–Crippen LogP) is 4.32. The third-order valence-corrected chi connectivity index (χ3v) is 5.12. The van der Waals surface area contributed by atoms with Crippen LogP contribution in [-0.2, 0) is 30.1 Å². The quantitative estimate of drug-likeness (QED) is 0.752. The molecule has 1 aromatic rings. The molecule has 3 atom stereocenters. The Hall–Kier alpha value is -1.05. The molecule has 4 rings (SSSR count). The average Bonchev–Trinajstić information content (AvgIpc) is 2.62. The summed E-state index contributed by atoms with van der Waals surface area (Å²) in [5.41, 5.74) is 0.724. The Balaban J connectivity index is 1.55. The summed E-state index contributed by atoms with van der Waals surface area (Å²) in [6.45, 7) is 0. The zero-order valence-corrected chi connectivity index (χ0v) is 13.6. The lowest BCUT2D eigenvalue weighted by atomic mass is 9.89. The summed E-state index contributed by atoms with van der Waals surface area (Å²) in [5, 5.41) is 0. The van der Waals surface area contributed by atoms with Gasteiger partial charge in [0.05, 0.1) is 0 Å². The Morgan fingerprint density at radius 2 is 1.67 bits per heavy atom. The number of hydrogen-bond acceptors (Lipinski definition) is 5. The zero-order valence-electron chi connectivity index (χ0n) is 13.6. The smallest absolute Gasteiger partial charge is 0.230 e. The molecular weight excluding hydrogens is 315 g/mol. The lowest BCUT2D eigenvalue weighted by molar-refractivity contribution is -0.595. The molecule has 3 fully saturated rings. The van der Waals surface area contributed by atoms with Crippen molar-refractivity contribution in [2.45, 2.75) is 69.7 Å². The highest BCUT2D eigenvalue weighted by Gasteiger charge is 2.46. The molecule has 2 heterocycles. The summed E-state index contributed by atoms with van der Waals surface area (Å²) in [6.07, 6.45) is 6.75. The summed E-state index contributed by atoms with van der Waals surface area (Å²) in [5.74, 6) is -1.12. The van der Waals surface area contributed by atoms with Crippen LogP contribution in [0.4, 0.5) is 4.39 Å². The number of fused-ring (bicyclic) bond motifs is 2. The van der Waals surface area contributed by atoms with Gasteiger partial charge >= 0.3 is 0 Å². The average molecular weight is 338 g/mol. The van der Waals surface area contributed by atoms with E-state index in [1.807, 2.05) is 0 Å². The second-order valence-electron chi connectivity index (χ2n) is 6.84. The molecule has 1 unspecified atom stereocenters. The molecule has 5 nitrogen and oxygen atoms in total. The van der Waals surface area contributed by atoms with Crippen molar-refractivity contribution in [2.24, 2.45) is 5.92 Å². The molecule has 1 saturated carbocycles. The second kappa shape index (κ2) is 7.06. The minimum absolute atomic E-state index is 0.253. The van der Waals surface area contributed by atoms with E-state index in [1.54, 1.807) is 12.1 Å². The molecule has 3 aliphatic rings. The van der Waals surface area contributed by atoms with Crippen LogP contribution in [0.5, 0.6) is 0 Å². The Labute approximate surface area is 140 Å². The van der Waals surface area contributed by atoms with Crippen LogP contribution in [0.15, 0.2) is 24.3 Å². The Kier molecular flexibility index (Phi) is 4.83. The first kappa shape index (κ1) is 16.4. The largest absolute Gasteiger partial charge is 0.311 e. The van der Waals surface area contributed by atoms with E-state index in [4.69, 9.17) is 24.3 Å². The summed E-state index contributed by atoms with van der Waals surface area (Å²) >= 11 is 0. The van der Waals surface area contributed by atoms with E-state index in [0.29, 0.717) is 6.42 Å². The number of halogens is 1. The third kappa shape index (κ3) is 3.34. The van der Waals surface area contributed by atoms with Crippen LogP contribution in [-0.4, -0.2) is 12.6 Å². The number of ether oxygens (including phenoxy) is 1. The van der Waals surface area contributed by atoms with Gasteiger partial charge in [0.25, 0.3) is 0 Å². The molecule has 0 radical (unpaired) electrons. The minimum Gasteiger partial charge on any atom is -0.311 e. The lowest BCUT2D eigenvalue weighted by Crippen LogP contribution is -2.46. The van der Waals surface area contributed by atoms with Gasteiger partial charge in [0.2, 0.25) is 12.1 Å². The summed E-state index contributed by atoms with van der Waals surface area (Å²) < 4.78 is 19.2. The van der Waals surface area contributed by atoms with Gasteiger partial charge in [-0.2, -0.15) is 14.7 Å². The first-order valence-corrected chi connectivity index (χ1v) is 8.86. The van der Waals surface area contributed by atoms with Gasteiger partial charge in [0, 0.05) is 24.3 Å². The summed E-state index contributed by atoms with van der Waals surface area (Å²) in [7, 11) is 0. The van der Waals surface area contributed by atoms with Crippen molar-refractivity contribution in [1.82, 2.24) is 0 Å². The van der Waals surface area contributed by atoms with Gasteiger partial charge in [-0.05, 0) is 31.4 Å². The summed E-state index contributed by atoms with van der Waals surface area (Å²) in [4.78, 5) is 22.4. The van der Waals surface area contributed by atoms with Crippen LogP contribution in [0.25, 0.3) is 0 Å². The van der Waals surface area contributed by atoms with Gasteiger partial charge in [-0.1, -0.05) is 31.4 Å². The van der Waals surface area contributed by atoms with E-state index in [0.717, 1.165) is 44.1 Å². The van der Waals surface area contributed by atoms with Gasteiger partial charge in [-0.15, -0.1) is 0 Å². The second-order valence-corrected chi connectivity index (χ2v) is 6.84. The molecule has 2 aliphatic heterocycles. The van der Waals surface area contributed by atoms with E-state index in [-0.39, 0.29) is 11.7 Å². The maximum absolute atomic E-state index is 13.3. The molecule has 24 heavy (non-hydrogen) atoms. The molecule has 0 aromatic heterocycles. The van der Waals surface area contributed by atoms with E-state index in [9.17, 15) is 4.39 Å². The fourth-order valence-electron chi connectivity index (χ4n) is 3.75. The van der Waals surface area contributed by atoms with Gasteiger partial charge in [-0.3, -0.25) is 0 Å². The normalized spacial score (nSPS) is 35.2. The van der Waals surface area contributed by atoms with E-state index < -0.39 is 18.4 Å². The first-order chi connectivity index (χ1) is 11.8. The van der Waals surface area contributed by atoms with Crippen LogP contribution in [0.2, 0.25) is 0 Å². The number of benzene rings is 1. The molecule has 6 heteroatoms. The highest BCUT2D eigenvalue weighted by atomic mass is 19.1. The van der Waals surface area contributed by atoms with Crippen molar-refractivity contribution < 1.29 is 28.7 Å². The van der Waals surface area contributed by atoms with Gasteiger partial charge in [-0.25, -0.2) is 9.28 Å². The highest BCUT2D eigenvalue weighted by Crippen LogP contribution is 2.42.